The summed E-state index contributed by atoms with van der Waals surface area (Å²) in [6, 6.07) is 10.8. The third-order valence-electron chi connectivity index (χ3n) is 4.93. The first-order valence-corrected chi connectivity index (χ1v) is 9.58. The van der Waals surface area contributed by atoms with Gasteiger partial charge in [0.15, 0.2) is 0 Å². The van der Waals surface area contributed by atoms with Gasteiger partial charge in [-0.2, -0.15) is 10.1 Å². The maximum Gasteiger partial charge on any atom is 0.271 e. The molecule has 8 nitrogen and oxygen atoms in total. The zero-order valence-corrected chi connectivity index (χ0v) is 16.5. The van der Waals surface area contributed by atoms with Gasteiger partial charge in [-0.3, -0.25) is 9.89 Å². The van der Waals surface area contributed by atoms with Crippen molar-refractivity contribution in [3.63, 3.8) is 0 Å². The first kappa shape index (κ1) is 18.9. The minimum absolute atomic E-state index is 0.0467. The Balaban J connectivity index is 1.51. The number of nitrogens with one attached hydrogen (secondary N) is 1. The van der Waals surface area contributed by atoms with Crippen LogP contribution in [0.15, 0.2) is 42.6 Å². The molecule has 1 fully saturated rings. The molecule has 0 spiro atoms. The molecule has 1 unspecified atom stereocenters. The molecule has 1 aliphatic rings. The summed E-state index contributed by atoms with van der Waals surface area (Å²) in [6.07, 6.45) is 3.41. The van der Waals surface area contributed by atoms with Crippen LogP contribution in [-0.4, -0.2) is 51.2 Å². The lowest BCUT2D eigenvalue weighted by Crippen LogP contribution is -2.39. The predicted octanol–water partition coefficient (Wildman–Crippen LogP) is 3.33. The first-order chi connectivity index (χ1) is 14.1. The number of aromatic nitrogens is 4. The molecule has 29 heavy (non-hydrogen) atoms. The summed E-state index contributed by atoms with van der Waals surface area (Å²) in [5.74, 6) is 2.66. The fourth-order valence-corrected chi connectivity index (χ4v) is 3.48. The van der Waals surface area contributed by atoms with E-state index in [1.807, 2.05) is 42.2 Å². The van der Waals surface area contributed by atoms with Crippen molar-refractivity contribution in [3.8, 4) is 17.4 Å². The van der Waals surface area contributed by atoms with Gasteiger partial charge in [-0.15, -0.1) is 0 Å². The van der Waals surface area contributed by atoms with E-state index in [1.165, 1.54) is 0 Å². The lowest BCUT2D eigenvalue weighted by Gasteiger charge is -2.31. The van der Waals surface area contributed by atoms with Gasteiger partial charge in [0.05, 0.1) is 7.11 Å². The molecule has 0 aliphatic carbocycles. The number of H-pyrrole nitrogens is 1. The summed E-state index contributed by atoms with van der Waals surface area (Å²) in [4.78, 5) is 23.7. The largest absolute Gasteiger partial charge is 0.497 e. The van der Waals surface area contributed by atoms with Crippen molar-refractivity contribution in [3.05, 3.63) is 59.8 Å². The summed E-state index contributed by atoms with van der Waals surface area (Å²) >= 11 is 0. The van der Waals surface area contributed by atoms with E-state index >= 15 is 0 Å². The molecule has 3 aromatic rings. The third kappa shape index (κ3) is 4.37. The van der Waals surface area contributed by atoms with E-state index in [4.69, 9.17) is 9.47 Å². The second-order valence-electron chi connectivity index (χ2n) is 7.04. The molecule has 4 rings (SSSR count). The number of hydrogen-bond acceptors (Lipinski definition) is 6. The molecule has 1 saturated heterocycles. The molecular formula is C21H23N5O3. The van der Waals surface area contributed by atoms with Crippen LogP contribution in [0.5, 0.6) is 17.4 Å². The Hall–Kier alpha value is -3.42. The molecule has 0 radical (unpaired) electrons. The van der Waals surface area contributed by atoms with Crippen LogP contribution in [0, 0.1) is 6.92 Å². The second-order valence-corrected chi connectivity index (χ2v) is 7.04. The van der Waals surface area contributed by atoms with Crippen molar-refractivity contribution in [1.29, 1.82) is 0 Å². The number of nitrogens with zero attached hydrogens (tertiary/aromatic N) is 4. The Labute approximate surface area is 168 Å². The molecule has 8 heteroatoms. The molecule has 2 aromatic heterocycles. The van der Waals surface area contributed by atoms with Gasteiger partial charge in [0.25, 0.3) is 5.91 Å². The molecule has 1 N–H and O–H groups in total. The van der Waals surface area contributed by atoms with Gasteiger partial charge in [-0.05, 0) is 50.1 Å². The highest BCUT2D eigenvalue weighted by Gasteiger charge is 2.28. The Morgan fingerprint density at radius 2 is 1.97 bits per heavy atom. The van der Waals surface area contributed by atoms with Gasteiger partial charge in [0.2, 0.25) is 5.88 Å². The molecule has 1 atom stereocenters. The van der Waals surface area contributed by atoms with Gasteiger partial charge in [-0.25, -0.2) is 4.98 Å². The standard InChI is InChI=1S/C21H23N5O3/c1-14-12-19(29-17-7-5-16(28-2)6-8-17)24-20(23-14)15-4-3-11-26(13-15)21(27)18-9-10-22-25-18/h5-10,12,15H,3-4,11,13H2,1-2H3,(H,22,25). The van der Waals surface area contributed by atoms with E-state index in [2.05, 4.69) is 20.2 Å². The lowest BCUT2D eigenvalue weighted by molar-refractivity contribution is 0.0698. The number of ether oxygens (including phenoxy) is 2. The average Bonchev–Trinajstić information content (AvgIpc) is 3.28. The highest BCUT2D eigenvalue weighted by molar-refractivity contribution is 5.92. The highest BCUT2D eigenvalue weighted by atomic mass is 16.5. The van der Waals surface area contributed by atoms with E-state index in [0.29, 0.717) is 29.7 Å². The Bertz CT molecular complexity index is 972. The molecular weight excluding hydrogens is 370 g/mol. The second kappa shape index (κ2) is 8.30. The predicted molar refractivity (Wildman–Crippen MR) is 106 cm³/mol. The van der Waals surface area contributed by atoms with Gasteiger partial charge in [0.1, 0.15) is 23.0 Å². The minimum atomic E-state index is -0.0467. The maximum atomic E-state index is 12.6. The number of likely N-dealkylation sites (tertiary alicyclic amines) is 1. The van der Waals surface area contributed by atoms with Crippen LogP contribution < -0.4 is 9.47 Å². The molecule has 0 saturated carbocycles. The van der Waals surface area contributed by atoms with Crippen LogP contribution in [0.25, 0.3) is 0 Å². The zero-order chi connectivity index (χ0) is 20.2. The fraction of sp³-hybridized carbons (Fsp3) is 0.333. The van der Waals surface area contributed by atoms with Crippen molar-refractivity contribution in [2.75, 3.05) is 20.2 Å². The number of aryl methyl sites for hydroxylation is 1. The van der Waals surface area contributed by atoms with Gasteiger partial charge in [0, 0.05) is 37.0 Å². The van der Waals surface area contributed by atoms with Crippen molar-refractivity contribution in [2.45, 2.75) is 25.7 Å². The minimum Gasteiger partial charge on any atom is -0.497 e. The monoisotopic (exact) mass is 393 g/mol. The number of hydrogen-bond donors (Lipinski definition) is 1. The lowest BCUT2D eigenvalue weighted by atomic mass is 9.96. The summed E-state index contributed by atoms with van der Waals surface area (Å²) in [6.45, 7) is 3.21. The number of benzene rings is 1. The van der Waals surface area contributed by atoms with Gasteiger partial charge >= 0.3 is 0 Å². The van der Waals surface area contributed by atoms with Gasteiger partial charge in [-0.1, -0.05) is 0 Å². The number of amides is 1. The Morgan fingerprint density at radius 1 is 1.17 bits per heavy atom. The maximum absolute atomic E-state index is 12.6. The van der Waals surface area contributed by atoms with Crippen molar-refractivity contribution >= 4 is 5.91 Å². The molecule has 1 amide bonds. The van der Waals surface area contributed by atoms with Crippen LogP contribution in [0.1, 0.15) is 40.8 Å². The van der Waals surface area contributed by atoms with Crippen molar-refractivity contribution in [1.82, 2.24) is 25.1 Å². The van der Waals surface area contributed by atoms with Crippen molar-refractivity contribution in [2.24, 2.45) is 0 Å². The number of aromatic amines is 1. The van der Waals surface area contributed by atoms with Crippen LogP contribution in [-0.2, 0) is 0 Å². The summed E-state index contributed by atoms with van der Waals surface area (Å²) in [5, 5.41) is 6.61. The summed E-state index contributed by atoms with van der Waals surface area (Å²) in [7, 11) is 1.63. The molecule has 1 aromatic carbocycles. The summed E-state index contributed by atoms with van der Waals surface area (Å²) in [5.41, 5.74) is 1.33. The Kier molecular flexibility index (Phi) is 5.41. The average molecular weight is 393 g/mol. The molecule has 1 aliphatic heterocycles. The first-order valence-electron chi connectivity index (χ1n) is 9.58. The number of carbonyl (C=O) groups is 1. The van der Waals surface area contributed by atoms with Crippen LogP contribution >= 0.6 is 0 Å². The van der Waals surface area contributed by atoms with Crippen molar-refractivity contribution < 1.29 is 14.3 Å². The topological polar surface area (TPSA) is 93.2 Å². The van der Waals surface area contributed by atoms with Crippen LogP contribution in [0.3, 0.4) is 0 Å². The fourth-order valence-electron chi connectivity index (χ4n) is 3.48. The van der Waals surface area contributed by atoms with E-state index in [9.17, 15) is 4.79 Å². The SMILES string of the molecule is COc1ccc(Oc2cc(C)nc(C3CCCN(C(=O)c4ccn[nH]4)C3)n2)cc1. The Morgan fingerprint density at radius 3 is 2.69 bits per heavy atom. The smallest absolute Gasteiger partial charge is 0.271 e. The molecule has 150 valence electrons. The normalized spacial score (nSPS) is 16.5. The number of methoxy groups -OCH3 is 1. The van der Waals surface area contributed by atoms with Crippen LogP contribution in [0.2, 0.25) is 0 Å². The quantitative estimate of drug-likeness (QED) is 0.715. The van der Waals surface area contributed by atoms with E-state index < -0.39 is 0 Å². The van der Waals surface area contributed by atoms with E-state index in [0.717, 1.165) is 30.8 Å². The van der Waals surface area contributed by atoms with Crippen LogP contribution in [0.4, 0.5) is 0 Å². The molecule has 0 bridgehead atoms. The summed E-state index contributed by atoms with van der Waals surface area (Å²) < 4.78 is 11.1. The van der Waals surface area contributed by atoms with E-state index in [1.54, 1.807) is 19.4 Å². The van der Waals surface area contributed by atoms with E-state index in [-0.39, 0.29) is 11.8 Å². The number of piperidine rings is 1. The highest BCUT2D eigenvalue weighted by Crippen LogP contribution is 2.28. The number of carbonyl (C=O) groups excluding carboxylic acids is 1. The number of rotatable bonds is 5. The zero-order valence-electron chi connectivity index (χ0n) is 16.5. The molecule has 3 heterocycles. The van der Waals surface area contributed by atoms with Gasteiger partial charge < -0.3 is 14.4 Å². The third-order valence-corrected chi connectivity index (χ3v) is 4.93.